The molecule has 1 aromatic heterocycles. The third kappa shape index (κ3) is 4.42. The molecule has 0 saturated carbocycles. The van der Waals surface area contributed by atoms with Crippen molar-refractivity contribution in [1.29, 1.82) is 0 Å². The van der Waals surface area contributed by atoms with Crippen LogP contribution in [0.15, 0.2) is 84.8 Å². The SMILES string of the molecule is O=C1C(Nc2ccc(OC(F)F)cc2)=C(c2ccccc2)C(=O)N1Cc1cccnc1. The molecule has 1 aliphatic heterocycles. The number of benzene rings is 2. The Morgan fingerprint density at radius 2 is 1.68 bits per heavy atom. The van der Waals surface area contributed by atoms with Crippen molar-refractivity contribution in [3.8, 4) is 5.75 Å². The Bertz CT molecular complexity index is 1120. The molecule has 31 heavy (non-hydrogen) atoms. The summed E-state index contributed by atoms with van der Waals surface area (Å²) in [7, 11) is 0. The summed E-state index contributed by atoms with van der Waals surface area (Å²) in [5.41, 5.74) is 2.11. The molecule has 6 nitrogen and oxygen atoms in total. The van der Waals surface area contributed by atoms with E-state index in [4.69, 9.17) is 0 Å². The molecule has 0 radical (unpaired) electrons. The fraction of sp³-hybridized carbons (Fsp3) is 0.0870. The molecule has 156 valence electrons. The van der Waals surface area contributed by atoms with Crippen LogP contribution in [-0.2, 0) is 16.1 Å². The Kier molecular flexibility index (Phi) is 5.70. The van der Waals surface area contributed by atoms with E-state index in [1.165, 1.54) is 24.3 Å². The topological polar surface area (TPSA) is 71.5 Å². The number of hydrogen-bond acceptors (Lipinski definition) is 5. The second-order valence-corrected chi connectivity index (χ2v) is 6.70. The zero-order valence-corrected chi connectivity index (χ0v) is 16.2. The van der Waals surface area contributed by atoms with E-state index in [1.807, 2.05) is 6.07 Å². The number of nitrogens with one attached hydrogen (secondary N) is 1. The first-order chi connectivity index (χ1) is 15.0. The first-order valence-electron chi connectivity index (χ1n) is 9.39. The Labute approximate surface area is 176 Å². The van der Waals surface area contributed by atoms with Crippen LogP contribution in [0.5, 0.6) is 5.75 Å². The summed E-state index contributed by atoms with van der Waals surface area (Å²) in [6.07, 6.45) is 3.20. The number of alkyl halides is 2. The molecule has 3 aromatic rings. The van der Waals surface area contributed by atoms with Gasteiger partial charge in [0.15, 0.2) is 0 Å². The smallest absolute Gasteiger partial charge is 0.387 e. The van der Waals surface area contributed by atoms with E-state index >= 15 is 0 Å². The van der Waals surface area contributed by atoms with Crippen LogP contribution in [-0.4, -0.2) is 28.3 Å². The van der Waals surface area contributed by atoms with Gasteiger partial charge in [0.05, 0.1) is 12.1 Å². The zero-order chi connectivity index (χ0) is 21.8. The monoisotopic (exact) mass is 421 g/mol. The fourth-order valence-electron chi connectivity index (χ4n) is 3.25. The van der Waals surface area contributed by atoms with Gasteiger partial charge in [-0.25, -0.2) is 0 Å². The number of amides is 2. The van der Waals surface area contributed by atoms with Crippen molar-refractivity contribution < 1.29 is 23.1 Å². The third-order valence-electron chi connectivity index (χ3n) is 4.64. The van der Waals surface area contributed by atoms with E-state index in [0.717, 1.165) is 4.90 Å². The van der Waals surface area contributed by atoms with E-state index in [2.05, 4.69) is 15.0 Å². The normalized spacial score (nSPS) is 13.8. The summed E-state index contributed by atoms with van der Waals surface area (Å²) in [4.78, 5) is 31.5. The van der Waals surface area contributed by atoms with Crippen molar-refractivity contribution in [2.75, 3.05) is 5.32 Å². The summed E-state index contributed by atoms with van der Waals surface area (Å²) in [5, 5.41) is 2.97. The number of anilines is 1. The van der Waals surface area contributed by atoms with Gasteiger partial charge >= 0.3 is 6.61 Å². The minimum atomic E-state index is -2.93. The van der Waals surface area contributed by atoms with Gasteiger partial charge in [-0.05, 0) is 41.5 Å². The summed E-state index contributed by atoms with van der Waals surface area (Å²) in [6.45, 7) is -2.85. The Morgan fingerprint density at radius 1 is 0.935 bits per heavy atom. The number of carbonyl (C=O) groups excluding carboxylic acids is 2. The molecule has 2 aromatic carbocycles. The van der Waals surface area contributed by atoms with Gasteiger partial charge in [0.25, 0.3) is 11.8 Å². The van der Waals surface area contributed by atoms with Gasteiger partial charge in [0.1, 0.15) is 11.4 Å². The minimum absolute atomic E-state index is 0.00941. The molecule has 0 spiro atoms. The maximum atomic E-state index is 13.2. The van der Waals surface area contributed by atoms with Crippen molar-refractivity contribution in [2.45, 2.75) is 13.2 Å². The van der Waals surface area contributed by atoms with Crippen LogP contribution in [0.1, 0.15) is 11.1 Å². The van der Waals surface area contributed by atoms with Crippen molar-refractivity contribution in [3.05, 3.63) is 95.9 Å². The highest BCUT2D eigenvalue weighted by Gasteiger charge is 2.39. The number of imide groups is 1. The number of rotatable bonds is 7. The van der Waals surface area contributed by atoms with Crippen LogP contribution in [0, 0.1) is 0 Å². The summed E-state index contributed by atoms with van der Waals surface area (Å²) >= 11 is 0. The third-order valence-corrected chi connectivity index (χ3v) is 4.64. The summed E-state index contributed by atoms with van der Waals surface area (Å²) < 4.78 is 29.1. The zero-order valence-electron chi connectivity index (χ0n) is 16.2. The van der Waals surface area contributed by atoms with Crippen LogP contribution in [0.25, 0.3) is 5.57 Å². The average Bonchev–Trinajstić information content (AvgIpc) is 3.00. The predicted molar refractivity (Wildman–Crippen MR) is 110 cm³/mol. The number of halogens is 2. The summed E-state index contributed by atoms with van der Waals surface area (Å²) in [5.74, 6) is -0.925. The van der Waals surface area contributed by atoms with Gasteiger partial charge in [0.2, 0.25) is 0 Å². The molecular weight excluding hydrogens is 404 g/mol. The fourth-order valence-corrected chi connectivity index (χ4v) is 3.25. The van der Waals surface area contributed by atoms with Gasteiger partial charge < -0.3 is 10.1 Å². The highest BCUT2D eigenvalue weighted by atomic mass is 19.3. The van der Waals surface area contributed by atoms with Crippen molar-refractivity contribution in [3.63, 3.8) is 0 Å². The van der Waals surface area contributed by atoms with Gasteiger partial charge in [0, 0.05) is 18.1 Å². The minimum Gasteiger partial charge on any atom is -0.435 e. The van der Waals surface area contributed by atoms with Crippen LogP contribution in [0.3, 0.4) is 0 Å². The first-order valence-corrected chi connectivity index (χ1v) is 9.39. The molecular formula is C23H17F2N3O3. The first kappa shape index (κ1) is 20.2. The van der Waals surface area contributed by atoms with E-state index in [1.54, 1.807) is 48.8 Å². The highest BCUT2D eigenvalue weighted by molar-refractivity contribution is 6.36. The van der Waals surface area contributed by atoms with E-state index in [9.17, 15) is 18.4 Å². The predicted octanol–water partition coefficient (Wildman–Crippen LogP) is 4.08. The second-order valence-electron chi connectivity index (χ2n) is 6.70. The number of hydrogen-bond donors (Lipinski definition) is 1. The van der Waals surface area contributed by atoms with Gasteiger partial charge in [-0.1, -0.05) is 36.4 Å². The summed E-state index contributed by atoms with van der Waals surface area (Å²) in [6, 6.07) is 18.1. The number of aromatic nitrogens is 1. The molecule has 0 fully saturated rings. The maximum Gasteiger partial charge on any atom is 0.387 e. The largest absolute Gasteiger partial charge is 0.435 e. The lowest BCUT2D eigenvalue weighted by Crippen LogP contribution is -2.32. The van der Waals surface area contributed by atoms with E-state index in [0.29, 0.717) is 16.8 Å². The molecule has 0 atom stereocenters. The lowest BCUT2D eigenvalue weighted by molar-refractivity contribution is -0.137. The van der Waals surface area contributed by atoms with Crippen LogP contribution in [0.2, 0.25) is 0 Å². The van der Waals surface area contributed by atoms with E-state index in [-0.39, 0.29) is 23.6 Å². The van der Waals surface area contributed by atoms with Crippen LogP contribution in [0.4, 0.5) is 14.5 Å². The van der Waals surface area contributed by atoms with Gasteiger partial charge in [-0.3, -0.25) is 19.5 Å². The average molecular weight is 421 g/mol. The molecule has 0 unspecified atom stereocenters. The Morgan fingerprint density at radius 3 is 2.32 bits per heavy atom. The number of nitrogens with zero attached hydrogens (tertiary/aromatic N) is 2. The number of ether oxygens (including phenoxy) is 1. The number of pyridine rings is 1. The molecule has 8 heteroatoms. The van der Waals surface area contributed by atoms with Crippen LogP contribution >= 0.6 is 0 Å². The molecule has 0 aliphatic carbocycles. The molecule has 1 N–H and O–H groups in total. The lowest BCUT2D eigenvalue weighted by Gasteiger charge is -2.15. The quantitative estimate of drug-likeness (QED) is 0.582. The van der Waals surface area contributed by atoms with Gasteiger partial charge in [-0.15, -0.1) is 0 Å². The molecule has 0 bridgehead atoms. The van der Waals surface area contributed by atoms with Gasteiger partial charge in [-0.2, -0.15) is 8.78 Å². The molecule has 1 aliphatic rings. The Balaban J connectivity index is 1.66. The molecule has 2 heterocycles. The molecule has 0 saturated heterocycles. The molecule has 2 amide bonds. The van der Waals surface area contributed by atoms with Crippen molar-refractivity contribution in [1.82, 2.24) is 9.88 Å². The highest BCUT2D eigenvalue weighted by Crippen LogP contribution is 2.31. The van der Waals surface area contributed by atoms with Crippen LogP contribution < -0.4 is 10.1 Å². The van der Waals surface area contributed by atoms with E-state index < -0.39 is 18.4 Å². The van der Waals surface area contributed by atoms with Crippen molar-refractivity contribution >= 4 is 23.1 Å². The Hall–Kier alpha value is -4.07. The number of carbonyl (C=O) groups is 2. The molecule has 4 rings (SSSR count). The maximum absolute atomic E-state index is 13.2. The van der Waals surface area contributed by atoms with Crippen molar-refractivity contribution in [2.24, 2.45) is 0 Å². The second kappa shape index (κ2) is 8.74. The lowest BCUT2D eigenvalue weighted by atomic mass is 10.0. The standard InChI is InChI=1S/C23H17F2N3O3/c24-23(25)31-18-10-8-17(9-11-18)27-20-19(16-6-2-1-3-7-16)21(29)28(22(20)30)14-15-5-4-12-26-13-15/h1-13,23,27H,14H2.